The van der Waals surface area contributed by atoms with Gasteiger partial charge in [0.05, 0.1) is 18.8 Å². The van der Waals surface area contributed by atoms with E-state index in [1.54, 1.807) is 0 Å². The molecule has 2 rings (SSSR count). The van der Waals surface area contributed by atoms with Crippen molar-refractivity contribution in [1.82, 2.24) is 10.3 Å². The predicted molar refractivity (Wildman–Crippen MR) is 73.1 cm³/mol. The van der Waals surface area contributed by atoms with Gasteiger partial charge in [0.15, 0.2) is 0 Å². The van der Waals surface area contributed by atoms with Crippen LogP contribution in [-0.4, -0.2) is 33.9 Å². The number of aromatic amines is 1. The molecule has 0 amide bonds. The molecular formula is C14H22N2O3. The van der Waals surface area contributed by atoms with E-state index >= 15 is 0 Å². The molecule has 5 heteroatoms. The molecule has 0 aromatic carbocycles. The Morgan fingerprint density at radius 2 is 2.16 bits per heavy atom. The highest BCUT2D eigenvalue weighted by Crippen LogP contribution is 2.30. The molecule has 0 saturated heterocycles. The van der Waals surface area contributed by atoms with Crippen LogP contribution < -0.4 is 10.9 Å². The SMILES string of the molecule is CCC(CO)(CO)NC1CCCc2[nH]c(=O)ccc21. The molecule has 1 unspecified atom stereocenters. The minimum absolute atomic E-state index is 0.0693. The number of H-pyrrole nitrogens is 1. The summed E-state index contributed by atoms with van der Waals surface area (Å²) < 4.78 is 0. The molecule has 4 N–H and O–H groups in total. The first-order valence-electron chi connectivity index (χ1n) is 6.85. The van der Waals surface area contributed by atoms with Gasteiger partial charge in [-0.25, -0.2) is 0 Å². The van der Waals surface area contributed by atoms with Crippen molar-refractivity contribution in [2.45, 2.75) is 44.2 Å². The van der Waals surface area contributed by atoms with E-state index in [0.717, 1.165) is 30.5 Å². The zero-order chi connectivity index (χ0) is 13.9. The van der Waals surface area contributed by atoms with Gasteiger partial charge in [-0.2, -0.15) is 0 Å². The summed E-state index contributed by atoms with van der Waals surface area (Å²) >= 11 is 0. The van der Waals surface area contributed by atoms with Crippen LogP contribution in [0.5, 0.6) is 0 Å². The summed E-state index contributed by atoms with van der Waals surface area (Å²) in [6.45, 7) is 1.74. The van der Waals surface area contributed by atoms with Gasteiger partial charge in [-0.3, -0.25) is 4.79 Å². The molecule has 1 atom stereocenters. The van der Waals surface area contributed by atoms with E-state index in [-0.39, 0.29) is 24.8 Å². The monoisotopic (exact) mass is 266 g/mol. The van der Waals surface area contributed by atoms with Crippen LogP contribution in [0.2, 0.25) is 0 Å². The fraction of sp³-hybridized carbons (Fsp3) is 0.643. The summed E-state index contributed by atoms with van der Waals surface area (Å²) in [4.78, 5) is 14.2. The van der Waals surface area contributed by atoms with Gasteiger partial charge in [-0.15, -0.1) is 0 Å². The third-order valence-corrected chi connectivity index (χ3v) is 4.09. The van der Waals surface area contributed by atoms with Crippen molar-refractivity contribution in [2.24, 2.45) is 0 Å². The highest BCUT2D eigenvalue weighted by molar-refractivity contribution is 5.26. The Morgan fingerprint density at radius 1 is 1.42 bits per heavy atom. The van der Waals surface area contributed by atoms with E-state index in [2.05, 4.69) is 10.3 Å². The van der Waals surface area contributed by atoms with Gasteiger partial charge in [-0.05, 0) is 31.2 Å². The Kier molecular flexibility index (Phi) is 4.39. The van der Waals surface area contributed by atoms with E-state index in [1.807, 2.05) is 13.0 Å². The Balaban J connectivity index is 2.26. The van der Waals surface area contributed by atoms with Crippen LogP contribution in [0, 0.1) is 0 Å². The Labute approximate surface area is 112 Å². The number of aromatic nitrogens is 1. The van der Waals surface area contributed by atoms with Crippen molar-refractivity contribution < 1.29 is 10.2 Å². The van der Waals surface area contributed by atoms with Gasteiger partial charge in [-0.1, -0.05) is 13.0 Å². The average molecular weight is 266 g/mol. The lowest BCUT2D eigenvalue weighted by molar-refractivity contribution is 0.0750. The van der Waals surface area contributed by atoms with Gasteiger partial charge in [0.2, 0.25) is 5.56 Å². The zero-order valence-corrected chi connectivity index (χ0v) is 11.3. The van der Waals surface area contributed by atoms with Crippen molar-refractivity contribution in [1.29, 1.82) is 0 Å². The average Bonchev–Trinajstić information content (AvgIpc) is 2.44. The van der Waals surface area contributed by atoms with E-state index in [1.165, 1.54) is 6.07 Å². The van der Waals surface area contributed by atoms with Crippen LogP contribution in [-0.2, 0) is 6.42 Å². The standard InChI is InChI=1S/C14H22N2O3/c1-2-14(8-17,9-18)16-12-5-3-4-11-10(12)6-7-13(19)15-11/h6-7,12,16-18H,2-5,8-9H2,1H3,(H,15,19). The number of aliphatic hydroxyl groups is 2. The van der Waals surface area contributed by atoms with Crippen molar-refractivity contribution in [3.63, 3.8) is 0 Å². The van der Waals surface area contributed by atoms with Crippen LogP contribution >= 0.6 is 0 Å². The van der Waals surface area contributed by atoms with E-state index in [0.29, 0.717) is 6.42 Å². The highest BCUT2D eigenvalue weighted by Gasteiger charge is 2.32. The molecule has 0 fully saturated rings. The molecule has 5 nitrogen and oxygen atoms in total. The molecule has 0 aliphatic heterocycles. The maximum absolute atomic E-state index is 11.3. The predicted octanol–water partition coefficient (Wildman–Crippen LogP) is 0.475. The number of pyridine rings is 1. The number of hydrogen-bond acceptors (Lipinski definition) is 4. The molecule has 106 valence electrons. The summed E-state index contributed by atoms with van der Waals surface area (Å²) in [5, 5.41) is 22.4. The van der Waals surface area contributed by atoms with Crippen LogP contribution in [0.25, 0.3) is 0 Å². The largest absolute Gasteiger partial charge is 0.394 e. The zero-order valence-electron chi connectivity index (χ0n) is 11.3. The van der Waals surface area contributed by atoms with Crippen molar-refractivity contribution >= 4 is 0 Å². The lowest BCUT2D eigenvalue weighted by Crippen LogP contribution is -2.53. The lowest BCUT2D eigenvalue weighted by atomic mass is 9.88. The topological polar surface area (TPSA) is 85.3 Å². The third-order valence-electron chi connectivity index (χ3n) is 4.09. The number of aliphatic hydroxyl groups excluding tert-OH is 2. The summed E-state index contributed by atoms with van der Waals surface area (Å²) in [6.07, 6.45) is 3.46. The highest BCUT2D eigenvalue weighted by atomic mass is 16.3. The van der Waals surface area contributed by atoms with E-state index in [4.69, 9.17) is 0 Å². The molecule has 0 bridgehead atoms. The van der Waals surface area contributed by atoms with Crippen molar-refractivity contribution in [2.75, 3.05) is 13.2 Å². The van der Waals surface area contributed by atoms with Crippen molar-refractivity contribution in [3.05, 3.63) is 33.7 Å². The summed E-state index contributed by atoms with van der Waals surface area (Å²) in [7, 11) is 0. The van der Waals surface area contributed by atoms with E-state index in [9.17, 15) is 15.0 Å². The summed E-state index contributed by atoms with van der Waals surface area (Å²) in [6, 6.07) is 3.45. The Bertz CT molecular complexity index is 472. The van der Waals surface area contributed by atoms with Gasteiger partial charge < -0.3 is 20.5 Å². The summed E-state index contributed by atoms with van der Waals surface area (Å²) in [5.41, 5.74) is 1.31. The number of hydrogen-bond donors (Lipinski definition) is 4. The van der Waals surface area contributed by atoms with Crippen LogP contribution in [0.1, 0.15) is 43.5 Å². The first-order chi connectivity index (χ1) is 9.14. The van der Waals surface area contributed by atoms with Crippen LogP contribution in [0.4, 0.5) is 0 Å². The number of fused-ring (bicyclic) bond motifs is 1. The maximum atomic E-state index is 11.3. The molecular weight excluding hydrogens is 244 g/mol. The molecule has 1 heterocycles. The second-order valence-corrected chi connectivity index (χ2v) is 5.30. The fourth-order valence-electron chi connectivity index (χ4n) is 2.69. The molecule has 1 aliphatic rings. The number of nitrogens with one attached hydrogen (secondary N) is 2. The van der Waals surface area contributed by atoms with Gasteiger partial charge in [0.25, 0.3) is 0 Å². The molecule has 1 aromatic rings. The summed E-state index contributed by atoms with van der Waals surface area (Å²) in [5.74, 6) is 0. The quantitative estimate of drug-likeness (QED) is 0.624. The minimum Gasteiger partial charge on any atom is -0.394 e. The fourth-order valence-corrected chi connectivity index (χ4v) is 2.69. The van der Waals surface area contributed by atoms with Gasteiger partial charge in [0, 0.05) is 17.8 Å². The molecule has 0 spiro atoms. The second kappa shape index (κ2) is 5.86. The normalized spacial score (nSPS) is 19.2. The van der Waals surface area contributed by atoms with Gasteiger partial charge in [0.1, 0.15) is 0 Å². The number of rotatable bonds is 5. The van der Waals surface area contributed by atoms with Crippen molar-refractivity contribution in [3.8, 4) is 0 Å². The first-order valence-corrected chi connectivity index (χ1v) is 6.85. The molecule has 1 aliphatic carbocycles. The smallest absolute Gasteiger partial charge is 0.248 e. The third kappa shape index (κ3) is 2.88. The molecule has 0 saturated carbocycles. The number of aryl methyl sites for hydroxylation is 1. The lowest BCUT2D eigenvalue weighted by Gasteiger charge is -2.37. The van der Waals surface area contributed by atoms with Crippen LogP contribution in [0.3, 0.4) is 0 Å². The van der Waals surface area contributed by atoms with E-state index < -0.39 is 5.54 Å². The Morgan fingerprint density at radius 3 is 2.79 bits per heavy atom. The van der Waals surface area contributed by atoms with Crippen LogP contribution in [0.15, 0.2) is 16.9 Å². The minimum atomic E-state index is -0.657. The Hall–Kier alpha value is -1.17. The maximum Gasteiger partial charge on any atom is 0.248 e. The molecule has 0 radical (unpaired) electrons. The molecule has 19 heavy (non-hydrogen) atoms. The second-order valence-electron chi connectivity index (χ2n) is 5.30. The first kappa shape index (κ1) is 14.2. The van der Waals surface area contributed by atoms with Gasteiger partial charge >= 0.3 is 0 Å². The molecule has 1 aromatic heterocycles.